The highest BCUT2D eigenvalue weighted by Gasteiger charge is 2.39. The molecule has 0 saturated carbocycles. The van der Waals surface area contributed by atoms with E-state index in [1.807, 2.05) is 0 Å². The summed E-state index contributed by atoms with van der Waals surface area (Å²) in [6.45, 7) is 0. The van der Waals surface area contributed by atoms with E-state index in [2.05, 4.69) is 11.7 Å². The van der Waals surface area contributed by atoms with Gasteiger partial charge in [-0.3, -0.25) is 11.7 Å². The average molecular weight is 260 g/mol. The molecule has 19 heavy (non-hydrogen) atoms. The Hall–Kier alpha value is -2.21. The number of carboxylic acids is 1. The Balaban J connectivity index is 0.000000861. The summed E-state index contributed by atoms with van der Waals surface area (Å²) in [7, 11) is 0. The summed E-state index contributed by atoms with van der Waals surface area (Å²) < 4.78 is 0. The van der Waals surface area contributed by atoms with Crippen molar-refractivity contribution in [2.75, 3.05) is 0 Å². The van der Waals surface area contributed by atoms with E-state index < -0.39 is 11.6 Å². The maximum Gasteiger partial charge on any atom is 0.345 e. The minimum atomic E-state index is -2.00. The normalized spacial score (nSPS) is 10.3. The van der Waals surface area contributed by atoms with Gasteiger partial charge < -0.3 is 10.2 Å². The van der Waals surface area contributed by atoms with Crippen LogP contribution in [0.3, 0.4) is 0 Å². The lowest BCUT2D eigenvalue weighted by atomic mass is 9.86. The second kappa shape index (κ2) is 6.65. The van der Waals surface area contributed by atoms with E-state index in [0.717, 1.165) is 0 Å². The first-order valence-corrected chi connectivity index (χ1v) is 5.56. The van der Waals surface area contributed by atoms with E-state index in [4.69, 9.17) is 0 Å². The third kappa shape index (κ3) is 2.97. The number of hydrogen-bond acceptors (Lipinski definition) is 4. The molecular formula is C14H16N2O3. The molecular weight excluding hydrogens is 244 g/mol. The lowest BCUT2D eigenvalue weighted by molar-refractivity contribution is -0.155. The molecule has 0 aromatic heterocycles. The number of nitrogens with two attached hydrogens (primary N) is 2. The first-order valence-electron chi connectivity index (χ1n) is 5.56. The Morgan fingerprint density at radius 3 is 1.42 bits per heavy atom. The number of aliphatic carboxylic acids is 1. The third-order valence-corrected chi connectivity index (χ3v) is 2.69. The molecule has 0 aliphatic heterocycles. The summed E-state index contributed by atoms with van der Waals surface area (Å²) >= 11 is 0. The number of carboxylic acid groups (broad SMARTS) is 1. The zero-order valence-electron chi connectivity index (χ0n) is 10.2. The molecule has 2 rings (SSSR count). The number of hydrogen-bond donors (Lipinski definition) is 4. The first-order chi connectivity index (χ1) is 9.15. The Kier molecular flexibility index (Phi) is 5.20. The maximum absolute atomic E-state index is 11.4. The summed E-state index contributed by atoms with van der Waals surface area (Å²) in [6.07, 6.45) is 0. The molecule has 0 spiro atoms. The zero-order chi connectivity index (χ0) is 14.3. The van der Waals surface area contributed by atoms with Crippen molar-refractivity contribution in [2.24, 2.45) is 11.7 Å². The third-order valence-electron chi connectivity index (χ3n) is 2.69. The first kappa shape index (κ1) is 14.8. The van der Waals surface area contributed by atoms with Crippen LogP contribution >= 0.6 is 0 Å². The van der Waals surface area contributed by atoms with Gasteiger partial charge in [-0.25, -0.2) is 4.79 Å². The molecule has 0 amide bonds. The fourth-order valence-corrected chi connectivity index (χ4v) is 1.77. The number of carbonyl (C=O) groups is 1. The van der Waals surface area contributed by atoms with Gasteiger partial charge in [-0.1, -0.05) is 60.7 Å². The van der Waals surface area contributed by atoms with Crippen molar-refractivity contribution in [3.05, 3.63) is 71.8 Å². The van der Waals surface area contributed by atoms with Gasteiger partial charge >= 0.3 is 5.97 Å². The van der Waals surface area contributed by atoms with E-state index in [1.165, 1.54) is 0 Å². The topological polar surface area (TPSA) is 110 Å². The van der Waals surface area contributed by atoms with Crippen LogP contribution in [-0.4, -0.2) is 16.2 Å². The molecule has 0 radical (unpaired) electrons. The van der Waals surface area contributed by atoms with Crippen molar-refractivity contribution >= 4 is 5.97 Å². The van der Waals surface area contributed by atoms with Gasteiger partial charge in [-0.05, 0) is 11.1 Å². The number of rotatable bonds is 3. The van der Waals surface area contributed by atoms with Crippen LogP contribution in [0.5, 0.6) is 0 Å². The van der Waals surface area contributed by atoms with E-state index in [9.17, 15) is 15.0 Å². The van der Waals surface area contributed by atoms with Gasteiger partial charge in [0.1, 0.15) is 0 Å². The van der Waals surface area contributed by atoms with Crippen molar-refractivity contribution in [3.8, 4) is 0 Å². The summed E-state index contributed by atoms with van der Waals surface area (Å²) in [4.78, 5) is 11.4. The molecule has 0 atom stereocenters. The molecule has 0 unspecified atom stereocenters. The number of benzene rings is 2. The van der Waals surface area contributed by atoms with Gasteiger partial charge in [-0.2, -0.15) is 0 Å². The van der Waals surface area contributed by atoms with Gasteiger partial charge in [0.15, 0.2) is 0 Å². The minimum absolute atomic E-state index is 0.346. The van der Waals surface area contributed by atoms with Crippen LogP contribution in [0, 0.1) is 0 Å². The molecule has 5 nitrogen and oxygen atoms in total. The summed E-state index contributed by atoms with van der Waals surface area (Å²) in [6, 6.07) is 16.7. The maximum atomic E-state index is 11.4. The lowest BCUT2D eigenvalue weighted by Crippen LogP contribution is -2.36. The Morgan fingerprint density at radius 1 is 0.842 bits per heavy atom. The Labute approximate surface area is 111 Å². The SMILES string of the molecule is NN.O=C(O)C(O)(c1ccccc1)c1ccccc1. The number of hydrazine groups is 1. The zero-order valence-corrected chi connectivity index (χ0v) is 10.2. The molecule has 6 N–H and O–H groups in total. The second-order valence-corrected chi connectivity index (χ2v) is 3.75. The molecule has 0 bridgehead atoms. The number of aliphatic hydroxyl groups is 1. The van der Waals surface area contributed by atoms with Crippen LogP contribution in [0.1, 0.15) is 11.1 Å². The fraction of sp³-hybridized carbons (Fsp3) is 0.0714. The van der Waals surface area contributed by atoms with Crippen LogP contribution in [0.25, 0.3) is 0 Å². The highest BCUT2D eigenvalue weighted by molar-refractivity contribution is 5.83. The molecule has 0 saturated heterocycles. The van der Waals surface area contributed by atoms with E-state index >= 15 is 0 Å². The van der Waals surface area contributed by atoms with Crippen LogP contribution in [0.4, 0.5) is 0 Å². The van der Waals surface area contributed by atoms with E-state index in [-0.39, 0.29) is 0 Å². The monoisotopic (exact) mass is 260 g/mol. The quantitative estimate of drug-likeness (QED) is 0.482. The average Bonchev–Trinajstić information content (AvgIpc) is 2.50. The van der Waals surface area contributed by atoms with E-state index in [0.29, 0.717) is 11.1 Å². The Bertz CT molecular complexity index is 475. The highest BCUT2D eigenvalue weighted by Crippen LogP contribution is 2.29. The fourth-order valence-electron chi connectivity index (χ4n) is 1.77. The van der Waals surface area contributed by atoms with Crippen LogP contribution < -0.4 is 11.7 Å². The van der Waals surface area contributed by atoms with Crippen molar-refractivity contribution in [1.82, 2.24) is 0 Å². The highest BCUT2D eigenvalue weighted by atomic mass is 16.4. The van der Waals surface area contributed by atoms with Gasteiger partial charge in [0.2, 0.25) is 5.60 Å². The summed E-state index contributed by atoms with van der Waals surface area (Å²) in [5, 5.41) is 19.7. The van der Waals surface area contributed by atoms with Gasteiger partial charge in [0, 0.05) is 0 Å². The molecule has 100 valence electrons. The van der Waals surface area contributed by atoms with E-state index in [1.54, 1.807) is 60.7 Å². The molecule has 0 heterocycles. The molecule has 2 aromatic carbocycles. The molecule has 5 heteroatoms. The van der Waals surface area contributed by atoms with Crippen LogP contribution in [0.2, 0.25) is 0 Å². The molecule has 0 fully saturated rings. The predicted molar refractivity (Wildman–Crippen MR) is 71.9 cm³/mol. The smallest absolute Gasteiger partial charge is 0.345 e. The van der Waals surface area contributed by atoms with Crippen molar-refractivity contribution in [3.63, 3.8) is 0 Å². The molecule has 0 aliphatic carbocycles. The van der Waals surface area contributed by atoms with Crippen molar-refractivity contribution in [1.29, 1.82) is 0 Å². The Morgan fingerprint density at radius 2 is 1.16 bits per heavy atom. The summed E-state index contributed by atoms with van der Waals surface area (Å²) in [5.74, 6) is 6.72. The van der Waals surface area contributed by atoms with Gasteiger partial charge in [0.25, 0.3) is 0 Å². The van der Waals surface area contributed by atoms with Crippen molar-refractivity contribution < 1.29 is 15.0 Å². The standard InChI is InChI=1S/C14H12O3.H4N2/c15-13(16)14(17,11-7-3-1-4-8-11)12-9-5-2-6-10-12;1-2/h1-10,17H,(H,15,16);1-2H2. The molecule has 0 aliphatic rings. The predicted octanol–water partition coefficient (Wildman–Crippen LogP) is 0.826. The van der Waals surface area contributed by atoms with Gasteiger partial charge in [0.05, 0.1) is 0 Å². The van der Waals surface area contributed by atoms with Crippen molar-refractivity contribution in [2.45, 2.75) is 5.60 Å². The molecule has 2 aromatic rings. The summed E-state index contributed by atoms with van der Waals surface area (Å²) in [5.41, 5.74) is -1.31. The lowest BCUT2D eigenvalue weighted by Gasteiger charge is -2.24. The largest absolute Gasteiger partial charge is 0.479 e. The van der Waals surface area contributed by atoms with Crippen LogP contribution in [-0.2, 0) is 10.4 Å². The van der Waals surface area contributed by atoms with Crippen LogP contribution in [0.15, 0.2) is 60.7 Å². The van der Waals surface area contributed by atoms with Gasteiger partial charge in [-0.15, -0.1) is 0 Å². The minimum Gasteiger partial charge on any atom is -0.479 e. The second-order valence-electron chi connectivity index (χ2n) is 3.75.